The molecule has 6 heteroatoms. The summed E-state index contributed by atoms with van der Waals surface area (Å²) in [5, 5.41) is 2.97. The second kappa shape index (κ2) is 10.6. The van der Waals surface area contributed by atoms with Gasteiger partial charge < -0.3 is 16.0 Å². The van der Waals surface area contributed by atoms with Gasteiger partial charge in [-0.1, -0.05) is 42.5 Å². The van der Waals surface area contributed by atoms with Crippen LogP contribution in [-0.2, 0) is 22.6 Å². The van der Waals surface area contributed by atoms with Crippen molar-refractivity contribution in [2.75, 3.05) is 16.8 Å². The highest BCUT2D eigenvalue weighted by Gasteiger charge is 2.25. The molecule has 1 atom stereocenters. The number of carbonyl (C=O) groups is 2. The Morgan fingerprint density at radius 3 is 2.59 bits per heavy atom. The predicted octanol–water partition coefficient (Wildman–Crippen LogP) is 5.07. The van der Waals surface area contributed by atoms with Crippen molar-refractivity contribution in [2.45, 2.75) is 45.1 Å². The SMILES string of the molecule is Cc1cc(NC(=O)C(Cc2cccc(CN)c2)c2ccccc2F)ccc1N1CCCCC1=O. The van der Waals surface area contributed by atoms with Crippen LogP contribution in [0.4, 0.5) is 15.8 Å². The van der Waals surface area contributed by atoms with Crippen molar-refractivity contribution in [3.63, 3.8) is 0 Å². The molecule has 176 valence electrons. The third-order valence-corrected chi connectivity index (χ3v) is 6.34. The maximum atomic E-state index is 14.7. The molecule has 0 bridgehead atoms. The summed E-state index contributed by atoms with van der Waals surface area (Å²) in [6, 6.07) is 19.6. The number of amides is 2. The first-order chi connectivity index (χ1) is 16.5. The van der Waals surface area contributed by atoms with E-state index in [1.165, 1.54) is 6.07 Å². The molecule has 3 aromatic rings. The van der Waals surface area contributed by atoms with Crippen molar-refractivity contribution in [1.29, 1.82) is 0 Å². The van der Waals surface area contributed by atoms with Crippen LogP contribution >= 0.6 is 0 Å². The largest absolute Gasteiger partial charge is 0.326 e. The molecule has 34 heavy (non-hydrogen) atoms. The number of anilines is 2. The molecular weight excluding hydrogens is 429 g/mol. The Kier molecular flexibility index (Phi) is 7.38. The van der Waals surface area contributed by atoms with Gasteiger partial charge in [0.05, 0.1) is 5.92 Å². The zero-order chi connectivity index (χ0) is 24.1. The highest BCUT2D eigenvalue weighted by molar-refractivity contribution is 5.98. The van der Waals surface area contributed by atoms with E-state index in [1.807, 2.05) is 48.2 Å². The number of benzene rings is 3. The van der Waals surface area contributed by atoms with Gasteiger partial charge in [-0.15, -0.1) is 0 Å². The number of aryl methyl sites for hydroxylation is 1. The third kappa shape index (κ3) is 5.34. The fourth-order valence-electron chi connectivity index (χ4n) is 4.55. The first-order valence-electron chi connectivity index (χ1n) is 11.7. The number of rotatable bonds is 7. The van der Waals surface area contributed by atoms with E-state index in [2.05, 4.69) is 5.32 Å². The van der Waals surface area contributed by atoms with Gasteiger partial charge in [0, 0.05) is 36.4 Å². The molecule has 1 aliphatic heterocycles. The average molecular weight is 460 g/mol. The summed E-state index contributed by atoms with van der Waals surface area (Å²) < 4.78 is 14.7. The number of nitrogens with two attached hydrogens (primary N) is 1. The smallest absolute Gasteiger partial charge is 0.232 e. The minimum Gasteiger partial charge on any atom is -0.326 e. The number of halogens is 1. The topological polar surface area (TPSA) is 75.4 Å². The second-order valence-electron chi connectivity index (χ2n) is 8.80. The lowest BCUT2D eigenvalue weighted by molar-refractivity contribution is -0.119. The predicted molar refractivity (Wildman–Crippen MR) is 133 cm³/mol. The summed E-state index contributed by atoms with van der Waals surface area (Å²) in [5.41, 5.74) is 10.4. The molecular formula is C28H30FN3O2. The maximum Gasteiger partial charge on any atom is 0.232 e. The van der Waals surface area contributed by atoms with Gasteiger partial charge in [-0.2, -0.15) is 0 Å². The number of piperidine rings is 1. The van der Waals surface area contributed by atoms with Gasteiger partial charge in [-0.25, -0.2) is 4.39 Å². The molecule has 3 N–H and O–H groups in total. The van der Waals surface area contributed by atoms with Crippen molar-refractivity contribution >= 4 is 23.2 Å². The summed E-state index contributed by atoms with van der Waals surface area (Å²) in [4.78, 5) is 27.5. The Bertz CT molecular complexity index is 1190. The van der Waals surface area contributed by atoms with Crippen molar-refractivity contribution in [2.24, 2.45) is 5.73 Å². The Labute approximate surface area is 199 Å². The van der Waals surface area contributed by atoms with Gasteiger partial charge in [0.25, 0.3) is 0 Å². The molecule has 1 fully saturated rings. The fourth-order valence-corrected chi connectivity index (χ4v) is 4.55. The second-order valence-corrected chi connectivity index (χ2v) is 8.80. The van der Waals surface area contributed by atoms with Crippen LogP contribution in [0.15, 0.2) is 66.7 Å². The molecule has 0 aromatic heterocycles. The Balaban J connectivity index is 1.58. The van der Waals surface area contributed by atoms with Gasteiger partial charge >= 0.3 is 0 Å². The van der Waals surface area contributed by atoms with Crippen molar-refractivity contribution < 1.29 is 14.0 Å². The van der Waals surface area contributed by atoms with Crippen LogP contribution in [0.25, 0.3) is 0 Å². The van der Waals surface area contributed by atoms with Crippen LogP contribution in [0.5, 0.6) is 0 Å². The zero-order valence-electron chi connectivity index (χ0n) is 19.4. The first kappa shape index (κ1) is 23.6. The highest BCUT2D eigenvalue weighted by Crippen LogP contribution is 2.29. The van der Waals surface area contributed by atoms with Crippen molar-refractivity contribution in [3.05, 3.63) is 94.8 Å². The van der Waals surface area contributed by atoms with E-state index < -0.39 is 11.7 Å². The lowest BCUT2D eigenvalue weighted by atomic mass is 9.90. The van der Waals surface area contributed by atoms with Gasteiger partial charge in [-0.3, -0.25) is 9.59 Å². The van der Waals surface area contributed by atoms with Crippen LogP contribution in [0.2, 0.25) is 0 Å². The molecule has 1 aliphatic rings. The first-order valence-corrected chi connectivity index (χ1v) is 11.7. The molecule has 3 aromatic carbocycles. The van der Waals surface area contributed by atoms with E-state index >= 15 is 0 Å². The van der Waals surface area contributed by atoms with E-state index in [9.17, 15) is 14.0 Å². The number of hydrogen-bond acceptors (Lipinski definition) is 3. The molecule has 2 amide bonds. The van der Waals surface area contributed by atoms with Gasteiger partial charge in [0.2, 0.25) is 11.8 Å². The minimum absolute atomic E-state index is 0.130. The minimum atomic E-state index is -0.710. The fraction of sp³-hybridized carbons (Fsp3) is 0.286. The highest BCUT2D eigenvalue weighted by atomic mass is 19.1. The quantitative estimate of drug-likeness (QED) is 0.518. The molecule has 1 saturated heterocycles. The maximum absolute atomic E-state index is 14.7. The molecule has 0 saturated carbocycles. The lowest BCUT2D eigenvalue weighted by Gasteiger charge is -2.28. The molecule has 1 unspecified atom stereocenters. The van der Waals surface area contributed by atoms with Crippen LogP contribution in [-0.4, -0.2) is 18.4 Å². The Morgan fingerprint density at radius 2 is 1.85 bits per heavy atom. The molecule has 4 rings (SSSR count). The lowest BCUT2D eigenvalue weighted by Crippen LogP contribution is -2.35. The van der Waals surface area contributed by atoms with Crippen molar-refractivity contribution in [3.8, 4) is 0 Å². The summed E-state index contributed by atoms with van der Waals surface area (Å²) in [5.74, 6) is -1.28. The molecule has 0 radical (unpaired) electrons. The summed E-state index contributed by atoms with van der Waals surface area (Å²) in [6.07, 6.45) is 2.82. The van der Waals surface area contributed by atoms with E-state index in [1.54, 1.807) is 24.3 Å². The number of nitrogens with one attached hydrogen (secondary N) is 1. The summed E-state index contributed by atoms with van der Waals surface area (Å²) in [7, 11) is 0. The Hall–Kier alpha value is -3.51. The zero-order valence-corrected chi connectivity index (χ0v) is 19.4. The molecule has 5 nitrogen and oxygen atoms in total. The van der Waals surface area contributed by atoms with E-state index in [-0.39, 0.29) is 11.8 Å². The van der Waals surface area contributed by atoms with E-state index in [4.69, 9.17) is 5.73 Å². The molecule has 0 spiro atoms. The average Bonchev–Trinajstić information content (AvgIpc) is 2.84. The number of nitrogens with zero attached hydrogens (tertiary/aromatic N) is 1. The normalized spacial score (nSPS) is 14.7. The van der Waals surface area contributed by atoms with Gasteiger partial charge in [0.1, 0.15) is 5.82 Å². The van der Waals surface area contributed by atoms with Gasteiger partial charge in [-0.05, 0) is 67.1 Å². The standard InChI is InChI=1S/C28H30FN3O2/c1-19-15-22(12-13-26(19)32-14-5-4-11-27(32)33)31-28(34)24(23-9-2-3-10-25(23)29)17-20-7-6-8-21(16-20)18-30/h2-3,6-10,12-13,15-16,24H,4-5,11,14,17-18,30H2,1H3,(H,31,34). The van der Waals surface area contributed by atoms with E-state index in [0.29, 0.717) is 37.2 Å². The molecule has 0 aliphatic carbocycles. The number of hydrogen-bond donors (Lipinski definition) is 2. The summed E-state index contributed by atoms with van der Waals surface area (Å²) >= 11 is 0. The molecule has 1 heterocycles. The van der Waals surface area contributed by atoms with Gasteiger partial charge in [0.15, 0.2) is 0 Å². The van der Waals surface area contributed by atoms with Crippen LogP contribution < -0.4 is 16.0 Å². The van der Waals surface area contributed by atoms with Crippen molar-refractivity contribution in [1.82, 2.24) is 0 Å². The van der Waals surface area contributed by atoms with Crippen LogP contribution in [0, 0.1) is 12.7 Å². The summed E-state index contributed by atoms with van der Waals surface area (Å²) in [6.45, 7) is 3.04. The number of carbonyl (C=O) groups excluding carboxylic acids is 2. The van der Waals surface area contributed by atoms with Crippen LogP contribution in [0.1, 0.15) is 47.4 Å². The third-order valence-electron chi connectivity index (χ3n) is 6.34. The van der Waals surface area contributed by atoms with E-state index in [0.717, 1.165) is 35.2 Å². The monoisotopic (exact) mass is 459 g/mol. The van der Waals surface area contributed by atoms with Crippen LogP contribution in [0.3, 0.4) is 0 Å². The Morgan fingerprint density at radius 1 is 1.06 bits per heavy atom.